The van der Waals surface area contributed by atoms with Gasteiger partial charge in [0.2, 0.25) is 5.91 Å². The largest absolute Gasteiger partial charge is 0.352 e. The quantitative estimate of drug-likeness (QED) is 0.933. The third kappa shape index (κ3) is 2.19. The third-order valence-electron chi connectivity index (χ3n) is 2.81. The number of nitrogens with one attached hydrogen (secondary N) is 1. The molecule has 1 amide bonds. The Morgan fingerprint density at radius 1 is 1.39 bits per heavy atom. The van der Waals surface area contributed by atoms with E-state index in [0.717, 1.165) is 15.6 Å². The second-order valence-corrected chi connectivity index (χ2v) is 5.53. The number of nitrogens with zero attached hydrogens (tertiary/aromatic N) is 1. The van der Waals surface area contributed by atoms with Gasteiger partial charge in [-0.1, -0.05) is 28.1 Å². The topological polar surface area (TPSA) is 52.9 Å². The Morgan fingerprint density at radius 2 is 2.00 bits per heavy atom. The molecule has 1 aliphatic rings. The van der Waals surface area contributed by atoms with E-state index in [9.17, 15) is 10.1 Å². The SMILES string of the molecule is CC(C)NC(=O)C1(C#N)C=C1c1ccc(Br)cc1. The first kappa shape index (κ1) is 12.8. The van der Waals surface area contributed by atoms with Gasteiger partial charge in [0.05, 0.1) is 6.07 Å². The van der Waals surface area contributed by atoms with Crippen LogP contribution in [0.15, 0.2) is 34.8 Å². The second-order valence-electron chi connectivity index (χ2n) is 4.61. The lowest BCUT2D eigenvalue weighted by molar-refractivity contribution is -0.123. The van der Waals surface area contributed by atoms with Crippen molar-refractivity contribution in [1.82, 2.24) is 5.32 Å². The summed E-state index contributed by atoms with van der Waals surface area (Å²) in [5, 5.41) is 12.0. The highest BCUT2D eigenvalue weighted by Crippen LogP contribution is 2.50. The van der Waals surface area contributed by atoms with E-state index >= 15 is 0 Å². The molecule has 2 rings (SSSR count). The van der Waals surface area contributed by atoms with Crippen molar-refractivity contribution in [3.63, 3.8) is 0 Å². The van der Waals surface area contributed by atoms with Crippen LogP contribution in [-0.2, 0) is 4.79 Å². The van der Waals surface area contributed by atoms with Crippen LogP contribution in [0.1, 0.15) is 19.4 Å². The molecule has 0 aromatic heterocycles. The minimum Gasteiger partial charge on any atom is -0.352 e. The van der Waals surface area contributed by atoms with Gasteiger partial charge in [0.25, 0.3) is 0 Å². The maximum atomic E-state index is 12.0. The summed E-state index contributed by atoms with van der Waals surface area (Å²) in [6.45, 7) is 3.76. The monoisotopic (exact) mass is 304 g/mol. The molecule has 0 aliphatic heterocycles. The maximum Gasteiger partial charge on any atom is 0.249 e. The molecule has 92 valence electrons. The van der Waals surface area contributed by atoms with Crippen LogP contribution in [0.3, 0.4) is 0 Å². The standard InChI is InChI=1S/C14H13BrN2O/c1-9(2)17-13(18)14(8-16)7-12(14)10-3-5-11(15)6-4-10/h3-7,9H,1-2H3,(H,17,18). The first-order chi connectivity index (χ1) is 8.49. The van der Waals surface area contributed by atoms with Crippen molar-refractivity contribution < 1.29 is 4.79 Å². The molecule has 4 heteroatoms. The fraction of sp³-hybridized carbons (Fsp3) is 0.286. The van der Waals surface area contributed by atoms with Crippen molar-refractivity contribution >= 4 is 27.4 Å². The van der Waals surface area contributed by atoms with Crippen LogP contribution in [0.5, 0.6) is 0 Å². The van der Waals surface area contributed by atoms with Gasteiger partial charge in [-0.25, -0.2) is 0 Å². The lowest BCUT2D eigenvalue weighted by Crippen LogP contribution is -2.37. The molecule has 0 bridgehead atoms. The predicted octanol–water partition coefficient (Wildman–Crippen LogP) is 2.88. The summed E-state index contributed by atoms with van der Waals surface area (Å²) in [5.41, 5.74) is 0.632. The minimum atomic E-state index is -1.07. The molecule has 0 fully saturated rings. The molecule has 0 saturated carbocycles. The normalized spacial score (nSPS) is 21.2. The number of hydrogen-bond acceptors (Lipinski definition) is 2. The van der Waals surface area contributed by atoms with Crippen molar-refractivity contribution in [1.29, 1.82) is 5.26 Å². The Kier molecular flexibility index (Phi) is 3.27. The van der Waals surface area contributed by atoms with E-state index in [1.54, 1.807) is 6.08 Å². The number of hydrogen-bond donors (Lipinski definition) is 1. The maximum absolute atomic E-state index is 12.0. The molecule has 1 aliphatic carbocycles. The number of rotatable bonds is 3. The highest BCUT2D eigenvalue weighted by atomic mass is 79.9. The van der Waals surface area contributed by atoms with Gasteiger partial charge in [0, 0.05) is 10.5 Å². The molecule has 1 unspecified atom stereocenters. The van der Waals surface area contributed by atoms with Gasteiger partial charge >= 0.3 is 0 Å². The Morgan fingerprint density at radius 3 is 2.50 bits per heavy atom. The van der Waals surface area contributed by atoms with E-state index in [1.807, 2.05) is 38.1 Å². The first-order valence-corrected chi connectivity index (χ1v) is 6.50. The third-order valence-corrected chi connectivity index (χ3v) is 3.34. The highest BCUT2D eigenvalue weighted by Gasteiger charge is 2.52. The van der Waals surface area contributed by atoms with Gasteiger partial charge < -0.3 is 5.32 Å². The lowest BCUT2D eigenvalue weighted by atomic mass is 9.96. The van der Waals surface area contributed by atoms with Gasteiger partial charge in [-0.05, 0) is 43.2 Å². The van der Waals surface area contributed by atoms with Crippen LogP contribution in [-0.4, -0.2) is 11.9 Å². The van der Waals surface area contributed by atoms with E-state index in [0.29, 0.717) is 0 Å². The highest BCUT2D eigenvalue weighted by molar-refractivity contribution is 9.10. The molecule has 0 spiro atoms. The molecular weight excluding hydrogens is 292 g/mol. The Hall–Kier alpha value is -1.60. The number of halogens is 1. The van der Waals surface area contributed by atoms with Gasteiger partial charge in [-0.3, -0.25) is 4.79 Å². The molecule has 18 heavy (non-hydrogen) atoms. The van der Waals surface area contributed by atoms with Gasteiger partial charge in [-0.15, -0.1) is 0 Å². The smallest absolute Gasteiger partial charge is 0.249 e. The van der Waals surface area contributed by atoms with Crippen LogP contribution in [0.2, 0.25) is 0 Å². The van der Waals surface area contributed by atoms with E-state index in [-0.39, 0.29) is 11.9 Å². The van der Waals surface area contributed by atoms with E-state index < -0.39 is 5.41 Å². The Bertz CT molecular complexity index is 554. The number of carbonyl (C=O) groups is 1. The number of amides is 1. The molecule has 0 saturated heterocycles. The van der Waals surface area contributed by atoms with E-state index in [1.165, 1.54) is 0 Å². The zero-order valence-electron chi connectivity index (χ0n) is 10.2. The molecular formula is C14H13BrN2O. The van der Waals surface area contributed by atoms with Crippen molar-refractivity contribution in [3.05, 3.63) is 40.4 Å². The summed E-state index contributed by atoms with van der Waals surface area (Å²) in [6, 6.07) is 9.74. The van der Waals surface area contributed by atoms with Crippen LogP contribution >= 0.6 is 15.9 Å². The van der Waals surface area contributed by atoms with Crippen molar-refractivity contribution in [2.45, 2.75) is 19.9 Å². The number of nitriles is 1. The van der Waals surface area contributed by atoms with Gasteiger partial charge in [0.15, 0.2) is 5.41 Å². The summed E-state index contributed by atoms with van der Waals surface area (Å²) >= 11 is 3.36. The van der Waals surface area contributed by atoms with Gasteiger partial charge in [0.1, 0.15) is 0 Å². The zero-order chi connectivity index (χ0) is 13.3. The molecule has 3 nitrogen and oxygen atoms in total. The lowest BCUT2D eigenvalue weighted by Gasteiger charge is -2.13. The average molecular weight is 305 g/mol. The summed E-state index contributed by atoms with van der Waals surface area (Å²) in [4.78, 5) is 12.0. The van der Waals surface area contributed by atoms with Gasteiger partial charge in [-0.2, -0.15) is 5.26 Å². The fourth-order valence-electron chi connectivity index (χ4n) is 1.83. The average Bonchev–Trinajstić information content (AvgIpc) is 3.05. The number of benzene rings is 1. The van der Waals surface area contributed by atoms with Crippen LogP contribution < -0.4 is 5.32 Å². The minimum absolute atomic E-state index is 0.0305. The second kappa shape index (κ2) is 4.58. The molecule has 1 N–H and O–H groups in total. The van der Waals surface area contributed by atoms with Crippen LogP contribution in [0.25, 0.3) is 5.57 Å². The molecule has 0 radical (unpaired) electrons. The van der Waals surface area contributed by atoms with Crippen molar-refractivity contribution in [2.24, 2.45) is 5.41 Å². The van der Waals surface area contributed by atoms with Crippen molar-refractivity contribution in [2.75, 3.05) is 0 Å². The molecule has 1 aromatic rings. The fourth-order valence-corrected chi connectivity index (χ4v) is 2.09. The van der Waals surface area contributed by atoms with Crippen LogP contribution in [0, 0.1) is 16.7 Å². The molecule has 1 aromatic carbocycles. The van der Waals surface area contributed by atoms with Crippen LogP contribution in [0.4, 0.5) is 0 Å². The summed E-state index contributed by atoms with van der Waals surface area (Å²) in [6.07, 6.45) is 1.72. The zero-order valence-corrected chi connectivity index (χ0v) is 11.8. The van der Waals surface area contributed by atoms with E-state index in [2.05, 4.69) is 27.3 Å². The Labute approximate surface area is 115 Å². The predicted molar refractivity (Wildman–Crippen MR) is 73.4 cm³/mol. The molecule has 0 heterocycles. The summed E-state index contributed by atoms with van der Waals surface area (Å²) < 4.78 is 0.974. The summed E-state index contributed by atoms with van der Waals surface area (Å²) in [5.74, 6) is -0.238. The summed E-state index contributed by atoms with van der Waals surface area (Å²) in [7, 11) is 0. The molecule has 1 atom stereocenters. The van der Waals surface area contributed by atoms with Crippen molar-refractivity contribution in [3.8, 4) is 6.07 Å². The van der Waals surface area contributed by atoms with E-state index in [4.69, 9.17) is 0 Å². The first-order valence-electron chi connectivity index (χ1n) is 5.71. The number of carbonyl (C=O) groups excluding carboxylic acids is 1. The Balaban J connectivity index is 2.19.